The zero-order valence-corrected chi connectivity index (χ0v) is 23.0. The van der Waals surface area contributed by atoms with Gasteiger partial charge in [-0.2, -0.15) is 0 Å². The number of ketones is 1. The lowest BCUT2D eigenvalue weighted by Crippen LogP contribution is -2.28. The predicted molar refractivity (Wildman–Crippen MR) is 139 cm³/mol. The summed E-state index contributed by atoms with van der Waals surface area (Å²) in [6.07, 6.45) is 1.21. The number of aryl methyl sites for hydroxylation is 2. The summed E-state index contributed by atoms with van der Waals surface area (Å²) in [6.45, 7) is 3.86. The van der Waals surface area contributed by atoms with Crippen LogP contribution in [0.25, 0.3) is 0 Å². The molecule has 0 spiro atoms. The highest BCUT2D eigenvalue weighted by Gasteiger charge is 2.32. The fourth-order valence-electron chi connectivity index (χ4n) is 4.39. The number of hydrogen-bond donors (Lipinski definition) is 0. The van der Waals surface area contributed by atoms with Crippen LogP contribution in [-0.2, 0) is 41.4 Å². The van der Waals surface area contributed by atoms with Gasteiger partial charge in [0.2, 0.25) is 0 Å². The Bertz CT molecular complexity index is 1170. The average molecular weight is 529 g/mol. The largest absolute Gasteiger partial charge is 0.497 e. The first-order valence-corrected chi connectivity index (χ1v) is 12.1. The number of carbonyl (C=O) groups excluding carboxylic acids is 4. The Morgan fingerprint density at radius 1 is 0.842 bits per heavy atom. The molecule has 2 atom stereocenters. The van der Waals surface area contributed by atoms with Crippen LogP contribution in [0.2, 0.25) is 0 Å². The van der Waals surface area contributed by atoms with Gasteiger partial charge in [-0.15, -0.1) is 0 Å². The number of carbonyl (C=O) groups is 4. The van der Waals surface area contributed by atoms with Crippen LogP contribution in [0.15, 0.2) is 30.3 Å². The molecule has 0 saturated heterocycles. The molecule has 0 radical (unpaired) electrons. The maximum atomic E-state index is 12.1. The Morgan fingerprint density at radius 2 is 1.50 bits per heavy atom. The Hall–Kier alpha value is -3.88. The summed E-state index contributed by atoms with van der Waals surface area (Å²) in [6, 6.07) is 9.24. The number of benzene rings is 2. The van der Waals surface area contributed by atoms with E-state index in [-0.39, 0.29) is 30.5 Å². The number of rotatable bonds is 8. The minimum absolute atomic E-state index is 0.00857. The lowest BCUT2D eigenvalue weighted by molar-refractivity contribution is -0.152. The molecule has 0 amide bonds. The molecule has 38 heavy (non-hydrogen) atoms. The van der Waals surface area contributed by atoms with Crippen molar-refractivity contribution in [2.75, 3.05) is 35.5 Å². The molecule has 0 fully saturated rings. The zero-order valence-electron chi connectivity index (χ0n) is 23.0. The van der Waals surface area contributed by atoms with E-state index in [0.29, 0.717) is 24.2 Å². The molecular weight excluding hydrogens is 492 g/mol. The minimum Gasteiger partial charge on any atom is -0.497 e. The molecule has 2 aromatic carbocycles. The summed E-state index contributed by atoms with van der Waals surface area (Å²) in [5, 5.41) is 0. The highest BCUT2D eigenvalue weighted by Crippen LogP contribution is 2.32. The molecule has 0 aromatic heterocycles. The third-order valence-corrected chi connectivity index (χ3v) is 6.59. The first-order valence-electron chi connectivity index (χ1n) is 12.1. The van der Waals surface area contributed by atoms with Crippen molar-refractivity contribution >= 4 is 23.7 Å². The van der Waals surface area contributed by atoms with E-state index in [4.69, 9.17) is 18.9 Å². The molecule has 0 bridgehead atoms. The molecule has 2 aromatic rings. The predicted octanol–water partition coefficient (Wildman–Crippen LogP) is 3.82. The molecule has 2 unspecified atom stereocenters. The molecule has 0 saturated carbocycles. The van der Waals surface area contributed by atoms with Crippen molar-refractivity contribution in [1.82, 2.24) is 0 Å². The summed E-state index contributed by atoms with van der Waals surface area (Å²) in [4.78, 5) is 46.7. The van der Waals surface area contributed by atoms with Crippen LogP contribution in [0, 0.1) is 25.7 Å². The van der Waals surface area contributed by atoms with Crippen LogP contribution in [0.3, 0.4) is 0 Å². The maximum Gasteiger partial charge on any atom is 0.309 e. The van der Waals surface area contributed by atoms with Crippen LogP contribution in [-0.4, -0.2) is 59.2 Å². The van der Waals surface area contributed by atoms with Gasteiger partial charge in [-0.3, -0.25) is 19.2 Å². The van der Waals surface area contributed by atoms with Crippen molar-refractivity contribution in [2.24, 2.45) is 11.8 Å². The van der Waals surface area contributed by atoms with Gasteiger partial charge in [0.05, 0.1) is 53.8 Å². The van der Waals surface area contributed by atoms with Crippen LogP contribution >= 0.6 is 0 Å². The highest BCUT2D eigenvalue weighted by atomic mass is 16.5. The van der Waals surface area contributed by atoms with Crippen molar-refractivity contribution in [1.29, 1.82) is 0 Å². The molecule has 206 valence electrons. The second kappa shape index (κ2) is 14.2. The van der Waals surface area contributed by atoms with Gasteiger partial charge in [0.25, 0.3) is 0 Å². The second-order valence-electron chi connectivity index (χ2n) is 9.02. The normalized spacial score (nSPS) is 14.7. The van der Waals surface area contributed by atoms with Gasteiger partial charge in [0.15, 0.2) is 5.78 Å². The van der Waals surface area contributed by atoms with E-state index in [9.17, 15) is 19.2 Å². The second-order valence-corrected chi connectivity index (χ2v) is 9.02. The highest BCUT2D eigenvalue weighted by molar-refractivity contribution is 6.01. The van der Waals surface area contributed by atoms with Gasteiger partial charge >= 0.3 is 17.9 Å². The minimum atomic E-state index is -0.542. The first-order chi connectivity index (χ1) is 18.1. The van der Waals surface area contributed by atoms with E-state index in [1.165, 1.54) is 21.3 Å². The topological polar surface area (TPSA) is 114 Å². The fourth-order valence-corrected chi connectivity index (χ4v) is 4.39. The summed E-state index contributed by atoms with van der Waals surface area (Å²) >= 11 is 0. The summed E-state index contributed by atoms with van der Waals surface area (Å²) in [5.41, 5.74) is 4.56. The van der Waals surface area contributed by atoms with Gasteiger partial charge in [0, 0.05) is 12.0 Å². The summed E-state index contributed by atoms with van der Waals surface area (Å²) in [7, 11) is 7.14. The van der Waals surface area contributed by atoms with Crippen molar-refractivity contribution in [3.8, 4) is 11.5 Å². The average Bonchev–Trinajstić information content (AvgIpc) is 2.92. The molecule has 0 heterocycles. The lowest BCUT2D eigenvalue weighted by atomic mass is 9.81. The molecule has 1 aliphatic rings. The van der Waals surface area contributed by atoms with E-state index >= 15 is 0 Å². The number of esters is 3. The molecule has 3 rings (SSSR count). The number of fused-ring (bicyclic) bond motifs is 1. The quantitative estimate of drug-likeness (QED) is 0.373. The van der Waals surface area contributed by atoms with Gasteiger partial charge in [-0.05, 0) is 73.2 Å². The van der Waals surface area contributed by atoms with Crippen LogP contribution in [0.4, 0.5) is 0 Å². The first kappa shape index (κ1) is 30.3. The smallest absolute Gasteiger partial charge is 0.309 e. The number of hydrogen-bond acceptors (Lipinski definition) is 9. The van der Waals surface area contributed by atoms with Gasteiger partial charge in [0.1, 0.15) is 11.5 Å². The lowest BCUT2D eigenvalue weighted by Gasteiger charge is -2.23. The van der Waals surface area contributed by atoms with E-state index < -0.39 is 17.9 Å². The molecular formula is C29H36O9. The summed E-state index contributed by atoms with van der Waals surface area (Å²) in [5.74, 6) is -0.637. The Labute approximate surface area is 223 Å². The molecule has 0 N–H and O–H groups in total. The van der Waals surface area contributed by atoms with E-state index in [2.05, 4.69) is 4.74 Å². The van der Waals surface area contributed by atoms with Crippen LogP contribution in [0.5, 0.6) is 11.5 Å². The van der Waals surface area contributed by atoms with Crippen molar-refractivity contribution < 1.29 is 42.9 Å². The standard InChI is InChI=1S/C15H20O5.C14H16O4/c1-10-7-13(18-2)6-5-11(10)8-12(15(17)20-4)9-14(16)19-3;1-8-4-10(17-2)7-12-11(8)5-9(6-13(12)15)14(16)18-3/h5-7,12H,8-9H2,1-4H3;4,7,9H,5-6H2,1-3H3. The molecule has 9 heteroatoms. The molecule has 0 aliphatic heterocycles. The fraction of sp³-hybridized carbons (Fsp3) is 0.448. The summed E-state index contributed by atoms with van der Waals surface area (Å²) < 4.78 is 24.4. The Balaban J connectivity index is 0.000000268. The van der Waals surface area contributed by atoms with Gasteiger partial charge in [-0.1, -0.05) is 6.07 Å². The third kappa shape index (κ3) is 7.81. The van der Waals surface area contributed by atoms with E-state index in [0.717, 1.165) is 28.0 Å². The van der Waals surface area contributed by atoms with Crippen LogP contribution in [0.1, 0.15) is 45.5 Å². The van der Waals surface area contributed by atoms with Gasteiger partial charge < -0.3 is 23.7 Å². The zero-order chi connectivity index (χ0) is 28.4. The molecule has 1 aliphatic carbocycles. The maximum absolute atomic E-state index is 12.1. The molecule has 9 nitrogen and oxygen atoms in total. The third-order valence-electron chi connectivity index (χ3n) is 6.59. The van der Waals surface area contributed by atoms with Gasteiger partial charge in [-0.25, -0.2) is 0 Å². The monoisotopic (exact) mass is 528 g/mol. The number of methoxy groups -OCH3 is 5. The van der Waals surface area contributed by atoms with E-state index in [1.807, 2.05) is 38.1 Å². The number of ether oxygens (including phenoxy) is 5. The van der Waals surface area contributed by atoms with Crippen molar-refractivity contribution in [2.45, 2.75) is 39.5 Å². The van der Waals surface area contributed by atoms with Crippen molar-refractivity contribution in [3.63, 3.8) is 0 Å². The Kier molecular flexibility index (Phi) is 11.3. The SMILES string of the molecule is COC(=O)C1CC(=O)c2cc(OC)cc(C)c2C1.COC(=O)CC(Cc1ccc(OC)cc1C)C(=O)OC. The van der Waals surface area contributed by atoms with Crippen LogP contribution < -0.4 is 9.47 Å². The van der Waals surface area contributed by atoms with E-state index in [1.54, 1.807) is 20.3 Å². The van der Waals surface area contributed by atoms with Crippen molar-refractivity contribution in [3.05, 3.63) is 58.1 Å². The Morgan fingerprint density at radius 3 is 2.05 bits per heavy atom. The number of Topliss-reactive ketones (excluding diaryl/α,β-unsaturated/α-hetero) is 1.